The van der Waals surface area contributed by atoms with Gasteiger partial charge in [-0.15, -0.1) is 0 Å². The summed E-state index contributed by atoms with van der Waals surface area (Å²) in [4.78, 5) is 11.2. The van der Waals surface area contributed by atoms with Gasteiger partial charge in [-0.3, -0.25) is 4.79 Å². The lowest BCUT2D eigenvalue weighted by atomic mass is 9.85. The molecule has 0 atom stereocenters. The fourth-order valence-corrected chi connectivity index (χ4v) is 3.14. The standard InChI is InChI=1S/C17H24N2OS/c1-3-13-4-8-15(9-5-13)18-17(21)19-16-10-6-14(7-11-16)12(2)20/h6-7,10-11,13,15H,3-5,8-9H2,1-2H3,(H2,18,19,21). The van der Waals surface area contributed by atoms with Gasteiger partial charge in [-0.2, -0.15) is 0 Å². The first-order chi connectivity index (χ1) is 10.1. The number of rotatable bonds is 4. The van der Waals surface area contributed by atoms with Crippen molar-refractivity contribution in [2.24, 2.45) is 5.92 Å². The highest BCUT2D eigenvalue weighted by molar-refractivity contribution is 7.80. The minimum atomic E-state index is 0.0786. The monoisotopic (exact) mass is 304 g/mol. The summed E-state index contributed by atoms with van der Waals surface area (Å²) >= 11 is 5.37. The van der Waals surface area contributed by atoms with E-state index in [1.807, 2.05) is 24.3 Å². The van der Waals surface area contributed by atoms with Crippen LogP contribution in [0, 0.1) is 5.92 Å². The van der Waals surface area contributed by atoms with Crippen LogP contribution in [0.4, 0.5) is 5.69 Å². The maximum Gasteiger partial charge on any atom is 0.170 e. The number of thiocarbonyl (C=S) groups is 1. The molecule has 0 amide bonds. The van der Waals surface area contributed by atoms with E-state index in [2.05, 4.69) is 17.6 Å². The second-order valence-corrected chi connectivity index (χ2v) is 6.27. The van der Waals surface area contributed by atoms with Crippen LogP contribution in [0.15, 0.2) is 24.3 Å². The molecule has 0 saturated heterocycles. The zero-order chi connectivity index (χ0) is 15.2. The third-order valence-electron chi connectivity index (χ3n) is 4.31. The van der Waals surface area contributed by atoms with Crippen molar-refractivity contribution >= 4 is 28.8 Å². The number of carbonyl (C=O) groups is 1. The molecule has 0 unspecified atom stereocenters. The largest absolute Gasteiger partial charge is 0.360 e. The van der Waals surface area contributed by atoms with Gasteiger partial charge in [0.05, 0.1) is 0 Å². The maximum atomic E-state index is 11.2. The zero-order valence-corrected chi connectivity index (χ0v) is 13.6. The Labute approximate surface area is 132 Å². The van der Waals surface area contributed by atoms with Crippen LogP contribution in [0.25, 0.3) is 0 Å². The van der Waals surface area contributed by atoms with Gasteiger partial charge < -0.3 is 10.6 Å². The third kappa shape index (κ3) is 4.81. The molecule has 21 heavy (non-hydrogen) atoms. The third-order valence-corrected chi connectivity index (χ3v) is 4.53. The molecule has 1 aliphatic rings. The smallest absolute Gasteiger partial charge is 0.170 e. The van der Waals surface area contributed by atoms with E-state index in [1.165, 1.54) is 32.1 Å². The van der Waals surface area contributed by atoms with E-state index < -0.39 is 0 Å². The molecule has 114 valence electrons. The van der Waals surface area contributed by atoms with Gasteiger partial charge in [0.2, 0.25) is 0 Å². The van der Waals surface area contributed by atoms with Gasteiger partial charge in [0.25, 0.3) is 0 Å². The fraction of sp³-hybridized carbons (Fsp3) is 0.529. The summed E-state index contributed by atoms with van der Waals surface area (Å²) in [6.07, 6.45) is 6.28. The van der Waals surface area contributed by atoms with E-state index in [1.54, 1.807) is 6.92 Å². The predicted octanol–water partition coefficient (Wildman–Crippen LogP) is 4.14. The summed E-state index contributed by atoms with van der Waals surface area (Å²) in [6, 6.07) is 7.90. The van der Waals surface area contributed by atoms with Gasteiger partial charge in [-0.1, -0.05) is 13.3 Å². The maximum absolute atomic E-state index is 11.2. The quantitative estimate of drug-likeness (QED) is 0.648. The van der Waals surface area contributed by atoms with Crippen LogP contribution in [0.3, 0.4) is 0 Å². The van der Waals surface area contributed by atoms with Crippen LogP contribution in [-0.2, 0) is 0 Å². The van der Waals surface area contributed by atoms with Crippen molar-refractivity contribution in [3.8, 4) is 0 Å². The van der Waals surface area contributed by atoms with Gasteiger partial charge >= 0.3 is 0 Å². The molecule has 2 N–H and O–H groups in total. The first-order valence-corrected chi connectivity index (χ1v) is 8.17. The van der Waals surface area contributed by atoms with Crippen molar-refractivity contribution in [3.05, 3.63) is 29.8 Å². The van der Waals surface area contributed by atoms with E-state index in [-0.39, 0.29) is 5.78 Å². The van der Waals surface area contributed by atoms with E-state index in [4.69, 9.17) is 12.2 Å². The molecule has 1 saturated carbocycles. The van der Waals surface area contributed by atoms with E-state index >= 15 is 0 Å². The van der Waals surface area contributed by atoms with E-state index in [0.717, 1.165) is 17.2 Å². The number of benzene rings is 1. The molecule has 1 aliphatic carbocycles. The molecule has 0 radical (unpaired) electrons. The average molecular weight is 304 g/mol. The molecule has 0 aliphatic heterocycles. The van der Waals surface area contributed by atoms with Gasteiger partial charge in [-0.25, -0.2) is 0 Å². The Morgan fingerprint density at radius 3 is 2.33 bits per heavy atom. The first-order valence-electron chi connectivity index (χ1n) is 7.77. The molecule has 0 bridgehead atoms. The fourth-order valence-electron chi connectivity index (χ4n) is 2.86. The molecule has 1 aromatic carbocycles. The summed E-state index contributed by atoms with van der Waals surface area (Å²) in [5, 5.41) is 7.26. The second kappa shape index (κ2) is 7.55. The molecule has 1 aromatic rings. The van der Waals surface area contributed by atoms with Crippen LogP contribution in [0.5, 0.6) is 0 Å². The van der Waals surface area contributed by atoms with Gasteiger partial charge in [-0.05, 0) is 75.0 Å². The zero-order valence-electron chi connectivity index (χ0n) is 12.8. The normalized spacial score (nSPS) is 21.6. The van der Waals surface area contributed by atoms with Crippen LogP contribution in [0.2, 0.25) is 0 Å². The van der Waals surface area contributed by atoms with Crippen LogP contribution >= 0.6 is 12.2 Å². The minimum absolute atomic E-state index is 0.0786. The van der Waals surface area contributed by atoms with Crippen LogP contribution in [-0.4, -0.2) is 16.9 Å². The molecule has 1 fully saturated rings. The lowest BCUT2D eigenvalue weighted by Gasteiger charge is -2.29. The van der Waals surface area contributed by atoms with Gasteiger partial charge in [0, 0.05) is 17.3 Å². The van der Waals surface area contributed by atoms with Crippen molar-refractivity contribution in [2.75, 3.05) is 5.32 Å². The number of hydrogen-bond acceptors (Lipinski definition) is 2. The van der Waals surface area contributed by atoms with Gasteiger partial charge in [0.15, 0.2) is 10.9 Å². The topological polar surface area (TPSA) is 41.1 Å². The molecular formula is C17H24N2OS. The summed E-state index contributed by atoms with van der Waals surface area (Å²) < 4.78 is 0. The second-order valence-electron chi connectivity index (χ2n) is 5.86. The lowest BCUT2D eigenvalue weighted by Crippen LogP contribution is -2.39. The SMILES string of the molecule is CCC1CCC(NC(=S)Nc2ccc(C(C)=O)cc2)CC1. The Morgan fingerprint density at radius 2 is 1.81 bits per heavy atom. The van der Waals surface area contributed by atoms with Crippen molar-refractivity contribution in [3.63, 3.8) is 0 Å². The Kier molecular flexibility index (Phi) is 5.74. The Balaban J connectivity index is 1.80. The van der Waals surface area contributed by atoms with Crippen molar-refractivity contribution in [1.82, 2.24) is 5.32 Å². The number of nitrogens with one attached hydrogen (secondary N) is 2. The number of anilines is 1. The van der Waals surface area contributed by atoms with Crippen molar-refractivity contribution in [2.45, 2.75) is 52.0 Å². The molecule has 3 nitrogen and oxygen atoms in total. The summed E-state index contributed by atoms with van der Waals surface area (Å²) in [6.45, 7) is 3.84. The van der Waals surface area contributed by atoms with E-state index in [9.17, 15) is 4.79 Å². The number of carbonyl (C=O) groups excluding carboxylic acids is 1. The summed E-state index contributed by atoms with van der Waals surface area (Å²) in [5.41, 5.74) is 1.64. The Morgan fingerprint density at radius 1 is 1.19 bits per heavy atom. The number of ketones is 1. The summed E-state index contributed by atoms with van der Waals surface area (Å²) in [5.74, 6) is 0.971. The minimum Gasteiger partial charge on any atom is -0.360 e. The molecule has 0 aromatic heterocycles. The molecule has 0 spiro atoms. The molecule has 2 rings (SSSR count). The highest BCUT2D eigenvalue weighted by Crippen LogP contribution is 2.26. The summed E-state index contributed by atoms with van der Waals surface area (Å²) in [7, 11) is 0. The average Bonchev–Trinajstić information content (AvgIpc) is 2.48. The molecule has 0 heterocycles. The van der Waals surface area contributed by atoms with E-state index in [0.29, 0.717) is 11.2 Å². The van der Waals surface area contributed by atoms with Gasteiger partial charge in [0.1, 0.15) is 0 Å². The van der Waals surface area contributed by atoms with Crippen molar-refractivity contribution in [1.29, 1.82) is 0 Å². The lowest BCUT2D eigenvalue weighted by molar-refractivity contribution is 0.101. The highest BCUT2D eigenvalue weighted by Gasteiger charge is 2.20. The first kappa shape index (κ1) is 16.0. The molecular weight excluding hydrogens is 280 g/mol. The van der Waals surface area contributed by atoms with Crippen molar-refractivity contribution < 1.29 is 4.79 Å². The highest BCUT2D eigenvalue weighted by atomic mass is 32.1. The van der Waals surface area contributed by atoms with Crippen LogP contribution in [0.1, 0.15) is 56.3 Å². The Bertz CT molecular complexity index is 490. The van der Waals surface area contributed by atoms with Crippen LogP contribution < -0.4 is 10.6 Å². The number of Topliss-reactive ketones (excluding diaryl/α,β-unsaturated/α-hetero) is 1. The Hall–Kier alpha value is -1.42. The predicted molar refractivity (Wildman–Crippen MR) is 91.8 cm³/mol. The molecule has 4 heteroatoms. The number of hydrogen-bond donors (Lipinski definition) is 2.